The summed E-state index contributed by atoms with van der Waals surface area (Å²) in [6.07, 6.45) is -0.903. The number of carbonyl (C=O) groups is 1. The van der Waals surface area contributed by atoms with E-state index in [2.05, 4.69) is 4.74 Å². The van der Waals surface area contributed by atoms with Gasteiger partial charge in [0, 0.05) is 14.0 Å². The summed E-state index contributed by atoms with van der Waals surface area (Å²) in [5, 5.41) is 9.32. The summed E-state index contributed by atoms with van der Waals surface area (Å²) < 4.78 is 9.39. The maximum Gasteiger partial charge on any atom is 0.305 e. The van der Waals surface area contributed by atoms with E-state index in [1.54, 1.807) is 0 Å². The molecule has 0 saturated carbocycles. The number of aliphatic hydroxyl groups is 1. The summed E-state index contributed by atoms with van der Waals surface area (Å²) in [4.78, 5) is 10.4. The minimum atomic E-state index is -1.17. The van der Waals surface area contributed by atoms with E-state index in [-0.39, 0.29) is 0 Å². The van der Waals surface area contributed by atoms with Gasteiger partial charge in [-0.25, -0.2) is 0 Å². The molecule has 4 nitrogen and oxygen atoms in total. The number of hydrogen-bond acceptors (Lipinski definition) is 4. The Morgan fingerprint density at radius 3 is 2.09 bits per heavy atom. The molecule has 4 heteroatoms. The van der Waals surface area contributed by atoms with Crippen LogP contribution < -0.4 is 0 Å². The summed E-state index contributed by atoms with van der Waals surface area (Å²) >= 11 is 0. The lowest BCUT2D eigenvalue weighted by Crippen LogP contribution is -2.40. The van der Waals surface area contributed by atoms with E-state index in [0.717, 1.165) is 0 Å². The Morgan fingerprint density at radius 1 is 1.55 bits per heavy atom. The van der Waals surface area contributed by atoms with Crippen LogP contribution in [0.4, 0.5) is 0 Å². The molecule has 0 heterocycles. The molecule has 0 aliphatic carbocycles. The minimum absolute atomic E-state index is 0.473. The third kappa shape index (κ3) is 3.95. The van der Waals surface area contributed by atoms with E-state index in [9.17, 15) is 9.90 Å². The van der Waals surface area contributed by atoms with Crippen LogP contribution in [-0.2, 0) is 14.3 Å². The van der Waals surface area contributed by atoms with E-state index in [1.165, 1.54) is 27.9 Å². The maximum atomic E-state index is 10.4. The molecule has 1 unspecified atom stereocenters. The summed E-state index contributed by atoms with van der Waals surface area (Å²) in [6, 6.07) is 0. The van der Waals surface area contributed by atoms with Gasteiger partial charge in [0.25, 0.3) is 0 Å². The lowest BCUT2D eigenvalue weighted by Gasteiger charge is -2.26. The molecule has 0 aliphatic heterocycles. The van der Waals surface area contributed by atoms with Crippen molar-refractivity contribution in [1.82, 2.24) is 0 Å². The first kappa shape index (κ1) is 10.4. The van der Waals surface area contributed by atoms with Gasteiger partial charge in [-0.1, -0.05) is 0 Å². The van der Waals surface area contributed by atoms with Gasteiger partial charge < -0.3 is 14.6 Å². The second kappa shape index (κ2) is 3.69. The van der Waals surface area contributed by atoms with E-state index in [4.69, 9.17) is 4.74 Å². The van der Waals surface area contributed by atoms with Gasteiger partial charge in [-0.15, -0.1) is 0 Å². The molecule has 0 aromatic carbocycles. The zero-order valence-electron chi connectivity index (χ0n) is 7.25. The van der Waals surface area contributed by atoms with Crippen LogP contribution in [0.1, 0.15) is 20.8 Å². The SMILES string of the molecule is COC(OC(C)=O)C(C)(C)O. The van der Waals surface area contributed by atoms with Crippen molar-refractivity contribution in [2.24, 2.45) is 0 Å². The summed E-state index contributed by atoms with van der Waals surface area (Å²) in [5.74, 6) is -0.473. The fraction of sp³-hybridized carbons (Fsp3) is 0.857. The van der Waals surface area contributed by atoms with Gasteiger partial charge >= 0.3 is 5.97 Å². The highest BCUT2D eigenvalue weighted by Gasteiger charge is 2.29. The number of rotatable bonds is 3. The Balaban J connectivity index is 4.07. The summed E-state index contributed by atoms with van der Waals surface area (Å²) in [6.45, 7) is 4.27. The molecule has 0 bridgehead atoms. The van der Waals surface area contributed by atoms with Crippen LogP contribution in [0.15, 0.2) is 0 Å². The monoisotopic (exact) mass is 162 g/mol. The zero-order valence-corrected chi connectivity index (χ0v) is 7.25. The molecule has 0 rings (SSSR count). The second-order valence-corrected chi connectivity index (χ2v) is 2.83. The first-order valence-corrected chi connectivity index (χ1v) is 3.30. The normalized spacial score (nSPS) is 14.3. The van der Waals surface area contributed by atoms with Crippen LogP contribution in [-0.4, -0.2) is 30.1 Å². The molecular formula is C7H14O4. The smallest absolute Gasteiger partial charge is 0.305 e. The molecule has 0 aromatic rings. The fourth-order valence-electron chi connectivity index (χ4n) is 0.631. The van der Waals surface area contributed by atoms with Gasteiger partial charge in [0.1, 0.15) is 5.60 Å². The molecule has 0 fully saturated rings. The molecule has 0 aliphatic rings. The average Bonchev–Trinajstić information content (AvgIpc) is 1.79. The molecule has 0 spiro atoms. The van der Waals surface area contributed by atoms with Crippen molar-refractivity contribution in [3.05, 3.63) is 0 Å². The molecule has 1 atom stereocenters. The van der Waals surface area contributed by atoms with Crippen LogP contribution in [0.5, 0.6) is 0 Å². The van der Waals surface area contributed by atoms with Crippen molar-refractivity contribution in [2.45, 2.75) is 32.7 Å². The minimum Gasteiger partial charge on any atom is -0.433 e. The molecule has 11 heavy (non-hydrogen) atoms. The second-order valence-electron chi connectivity index (χ2n) is 2.83. The van der Waals surface area contributed by atoms with Crippen LogP contribution in [0.2, 0.25) is 0 Å². The van der Waals surface area contributed by atoms with Gasteiger partial charge in [0.05, 0.1) is 0 Å². The van der Waals surface area contributed by atoms with E-state index in [1.807, 2.05) is 0 Å². The highest BCUT2D eigenvalue weighted by atomic mass is 16.7. The molecule has 0 amide bonds. The number of carbonyl (C=O) groups excluding carboxylic acids is 1. The average molecular weight is 162 g/mol. The van der Waals surface area contributed by atoms with Crippen LogP contribution >= 0.6 is 0 Å². The van der Waals surface area contributed by atoms with Crippen LogP contribution in [0.25, 0.3) is 0 Å². The predicted molar refractivity (Wildman–Crippen MR) is 38.9 cm³/mol. The first-order valence-electron chi connectivity index (χ1n) is 3.30. The van der Waals surface area contributed by atoms with Gasteiger partial charge in [-0.05, 0) is 13.8 Å². The largest absolute Gasteiger partial charge is 0.433 e. The number of hydrogen-bond donors (Lipinski definition) is 1. The highest BCUT2D eigenvalue weighted by molar-refractivity contribution is 5.66. The Bertz CT molecular complexity index is 136. The maximum absolute atomic E-state index is 10.4. The Labute approximate surface area is 66.1 Å². The molecule has 0 aromatic heterocycles. The number of methoxy groups -OCH3 is 1. The van der Waals surface area contributed by atoms with Crippen molar-refractivity contribution >= 4 is 5.97 Å². The molecule has 0 saturated heterocycles. The quantitative estimate of drug-likeness (QED) is 0.478. The Kier molecular flexibility index (Phi) is 3.48. The van der Waals surface area contributed by atoms with Crippen molar-refractivity contribution in [3.8, 4) is 0 Å². The van der Waals surface area contributed by atoms with Crippen LogP contribution in [0, 0.1) is 0 Å². The van der Waals surface area contributed by atoms with E-state index >= 15 is 0 Å². The molecule has 0 radical (unpaired) electrons. The van der Waals surface area contributed by atoms with E-state index in [0.29, 0.717) is 0 Å². The molecular weight excluding hydrogens is 148 g/mol. The molecule has 66 valence electrons. The number of ether oxygens (including phenoxy) is 2. The zero-order chi connectivity index (χ0) is 9.07. The first-order chi connectivity index (χ1) is 4.88. The summed E-state index contributed by atoms with van der Waals surface area (Å²) in [7, 11) is 1.37. The van der Waals surface area contributed by atoms with Gasteiger partial charge in [-0.3, -0.25) is 4.79 Å². The van der Waals surface area contributed by atoms with Crippen molar-refractivity contribution in [3.63, 3.8) is 0 Å². The molecule has 1 N–H and O–H groups in total. The third-order valence-electron chi connectivity index (χ3n) is 1.06. The predicted octanol–water partition coefficient (Wildman–Crippen LogP) is 0.293. The van der Waals surface area contributed by atoms with Gasteiger partial charge in [-0.2, -0.15) is 0 Å². The Hall–Kier alpha value is -0.610. The van der Waals surface area contributed by atoms with Crippen molar-refractivity contribution in [2.75, 3.05) is 7.11 Å². The third-order valence-corrected chi connectivity index (χ3v) is 1.06. The summed E-state index contributed by atoms with van der Waals surface area (Å²) in [5.41, 5.74) is -1.17. The van der Waals surface area contributed by atoms with Crippen molar-refractivity contribution < 1.29 is 19.4 Å². The Morgan fingerprint density at radius 2 is 2.00 bits per heavy atom. The van der Waals surface area contributed by atoms with Crippen LogP contribution in [0.3, 0.4) is 0 Å². The standard InChI is InChI=1S/C7H14O4/c1-5(8)11-6(10-4)7(2,3)9/h6,9H,1-4H3. The topological polar surface area (TPSA) is 55.8 Å². The van der Waals surface area contributed by atoms with Gasteiger partial charge in [0.2, 0.25) is 6.29 Å². The van der Waals surface area contributed by atoms with Crippen molar-refractivity contribution in [1.29, 1.82) is 0 Å². The van der Waals surface area contributed by atoms with Gasteiger partial charge in [0.15, 0.2) is 0 Å². The van der Waals surface area contributed by atoms with E-state index < -0.39 is 17.9 Å². The number of esters is 1. The fourth-order valence-corrected chi connectivity index (χ4v) is 0.631. The lowest BCUT2D eigenvalue weighted by atomic mass is 10.1. The lowest BCUT2D eigenvalue weighted by molar-refractivity contribution is -0.214. The highest BCUT2D eigenvalue weighted by Crippen LogP contribution is 2.12.